The van der Waals surface area contributed by atoms with Crippen LogP contribution in [0.25, 0.3) is 16.0 Å². The molecular formula is C42H57N3O7Si. The van der Waals surface area contributed by atoms with Crippen molar-refractivity contribution in [1.29, 1.82) is 0 Å². The second kappa shape index (κ2) is 17.4. The van der Waals surface area contributed by atoms with Gasteiger partial charge in [0.2, 0.25) is 0 Å². The molecule has 1 aliphatic heterocycles. The van der Waals surface area contributed by atoms with Crippen LogP contribution in [-0.2, 0) is 15.9 Å². The minimum absolute atomic E-state index is 0.0561. The molecule has 286 valence electrons. The van der Waals surface area contributed by atoms with Crippen molar-refractivity contribution in [2.75, 3.05) is 47.1 Å². The van der Waals surface area contributed by atoms with Gasteiger partial charge in [-0.1, -0.05) is 69.3 Å². The molecule has 3 atom stereocenters. The molecule has 1 unspecified atom stereocenters. The molecule has 1 amide bonds. The molecule has 3 aromatic carbocycles. The number of benzene rings is 3. The number of alkyl carbamates (subject to hydrolysis) is 1. The molecule has 0 bridgehead atoms. The number of rotatable bonds is 15. The van der Waals surface area contributed by atoms with Gasteiger partial charge in [0.15, 0.2) is 5.75 Å². The summed E-state index contributed by atoms with van der Waals surface area (Å²) < 4.78 is 30.8. The van der Waals surface area contributed by atoms with E-state index >= 15 is 0 Å². The minimum Gasteiger partial charge on any atom is -0.541 e. The Morgan fingerprint density at radius 3 is 2.28 bits per heavy atom. The van der Waals surface area contributed by atoms with Crippen molar-refractivity contribution < 1.29 is 33.3 Å². The predicted octanol–water partition coefficient (Wildman–Crippen LogP) is 7.95. The number of aliphatic hydroxyl groups excluding tert-OH is 1. The normalized spacial score (nSPS) is 17.2. The quantitative estimate of drug-likeness (QED) is 0.0919. The topological polar surface area (TPSA) is 103 Å². The van der Waals surface area contributed by atoms with Crippen LogP contribution in [0.5, 0.6) is 17.2 Å². The van der Waals surface area contributed by atoms with Crippen LogP contribution in [0.1, 0.15) is 68.2 Å². The first-order valence-electron chi connectivity index (χ1n) is 18.7. The Balaban J connectivity index is 1.46. The standard InChI is InChI=1S/C42H57N3O7Si/c1-28-38(48-6)29(25-37(39(28)49-7)52-53(8,9)42(2,3)4)24-36(40(43-5)45-21-23-50-30(26-45)16-14-15-22-46)44-41(47)51-27-35-33-19-12-10-17-31(33)32-18-11-13-20-34(32)35/h10-13,17-20,25,30,35-36,40,46H,14-16,21-24,26-27H2,1-4,6-9H3,(H,44,47)/t30-,36?,40+/m0/s1. The molecule has 53 heavy (non-hydrogen) atoms. The van der Waals surface area contributed by atoms with Crippen LogP contribution in [0.4, 0.5) is 4.79 Å². The van der Waals surface area contributed by atoms with Gasteiger partial charge in [-0.05, 0) is 72.6 Å². The van der Waals surface area contributed by atoms with Gasteiger partial charge in [-0.2, -0.15) is 0 Å². The third-order valence-corrected chi connectivity index (χ3v) is 15.5. The smallest absolute Gasteiger partial charge is 0.407 e. The van der Waals surface area contributed by atoms with Crippen LogP contribution < -0.4 is 19.2 Å². The molecule has 1 fully saturated rings. The average Bonchev–Trinajstić information content (AvgIpc) is 3.44. The van der Waals surface area contributed by atoms with Crippen LogP contribution in [0.2, 0.25) is 18.1 Å². The molecule has 1 saturated heterocycles. The molecule has 0 spiro atoms. The van der Waals surface area contributed by atoms with Gasteiger partial charge in [0, 0.05) is 43.2 Å². The molecule has 0 saturated carbocycles. The molecule has 2 aliphatic rings. The Bertz CT molecular complexity index is 1720. The Morgan fingerprint density at radius 1 is 1.06 bits per heavy atom. The number of amides is 1. The minimum atomic E-state index is -2.28. The summed E-state index contributed by atoms with van der Waals surface area (Å²) in [6.07, 6.45) is 1.23. The fraction of sp³-hybridized carbons (Fsp3) is 0.524. The highest BCUT2D eigenvalue weighted by Crippen LogP contribution is 2.46. The lowest BCUT2D eigenvalue weighted by molar-refractivity contribution is -0.0459. The van der Waals surface area contributed by atoms with Crippen molar-refractivity contribution >= 4 is 14.4 Å². The van der Waals surface area contributed by atoms with Gasteiger partial charge in [0.25, 0.3) is 14.5 Å². The van der Waals surface area contributed by atoms with Crippen LogP contribution in [0.15, 0.2) is 54.6 Å². The zero-order chi connectivity index (χ0) is 38.3. The van der Waals surface area contributed by atoms with E-state index in [1.807, 2.05) is 37.3 Å². The number of nitrogens with one attached hydrogen (secondary N) is 1. The maximum Gasteiger partial charge on any atom is 0.407 e. The highest BCUT2D eigenvalue weighted by atomic mass is 28.4. The maximum atomic E-state index is 13.9. The summed E-state index contributed by atoms with van der Waals surface area (Å²) in [5.41, 5.74) is 6.15. The summed E-state index contributed by atoms with van der Waals surface area (Å²) >= 11 is 0. The van der Waals surface area contributed by atoms with Crippen LogP contribution >= 0.6 is 0 Å². The Morgan fingerprint density at radius 2 is 1.70 bits per heavy atom. The van der Waals surface area contributed by atoms with Gasteiger partial charge >= 0.3 is 6.09 Å². The number of hydrogen-bond donors (Lipinski definition) is 2. The number of nitrogens with zero attached hydrogens (tertiary/aromatic N) is 2. The van der Waals surface area contributed by atoms with Crippen LogP contribution in [0, 0.1) is 13.5 Å². The molecule has 11 heteroatoms. The molecule has 0 aromatic heterocycles. The van der Waals surface area contributed by atoms with Crippen molar-refractivity contribution in [2.45, 2.75) is 95.7 Å². The number of morpholine rings is 1. The largest absolute Gasteiger partial charge is 0.541 e. The van der Waals surface area contributed by atoms with E-state index in [0.29, 0.717) is 43.4 Å². The molecule has 3 aromatic rings. The monoisotopic (exact) mass is 743 g/mol. The molecule has 2 N–H and O–H groups in total. The van der Waals surface area contributed by atoms with Gasteiger partial charge < -0.3 is 33.8 Å². The summed E-state index contributed by atoms with van der Waals surface area (Å²) in [4.78, 5) is 20.1. The van der Waals surface area contributed by atoms with Crippen molar-refractivity contribution in [1.82, 2.24) is 10.2 Å². The first kappa shape index (κ1) is 40.1. The lowest BCUT2D eigenvalue weighted by atomic mass is 9.98. The van der Waals surface area contributed by atoms with Crippen molar-refractivity contribution in [3.05, 3.63) is 88.3 Å². The second-order valence-corrected chi connectivity index (χ2v) is 20.3. The summed E-state index contributed by atoms with van der Waals surface area (Å²) in [6.45, 7) is 23.2. The number of carbonyl (C=O) groups is 1. The van der Waals surface area contributed by atoms with Crippen molar-refractivity contribution in [3.63, 3.8) is 0 Å². The zero-order valence-corrected chi connectivity index (χ0v) is 33.7. The first-order valence-corrected chi connectivity index (χ1v) is 21.6. The van der Waals surface area contributed by atoms with E-state index < -0.39 is 26.6 Å². The molecule has 5 rings (SSSR count). The Hall–Kier alpha value is -4.08. The van der Waals surface area contributed by atoms with Gasteiger partial charge in [-0.25, -0.2) is 16.3 Å². The van der Waals surface area contributed by atoms with E-state index in [2.05, 4.69) is 73.2 Å². The molecular weight excluding hydrogens is 687 g/mol. The van der Waals surface area contributed by atoms with E-state index in [9.17, 15) is 9.90 Å². The van der Waals surface area contributed by atoms with E-state index in [1.165, 1.54) is 0 Å². The molecule has 0 radical (unpaired) electrons. The van der Waals surface area contributed by atoms with Crippen molar-refractivity contribution in [2.24, 2.45) is 0 Å². The number of unbranched alkanes of at least 4 members (excludes halogenated alkanes) is 1. The summed E-state index contributed by atoms with van der Waals surface area (Å²) in [5.74, 6) is 1.76. The van der Waals surface area contributed by atoms with Gasteiger partial charge in [-0.3, -0.25) is 4.85 Å². The lowest BCUT2D eigenvalue weighted by Crippen LogP contribution is -2.56. The fourth-order valence-corrected chi connectivity index (χ4v) is 8.35. The number of carbonyl (C=O) groups excluding carboxylic acids is 1. The maximum absolute atomic E-state index is 13.9. The summed E-state index contributed by atoms with van der Waals surface area (Å²) in [6, 6.07) is 17.8. The number of methoxy groups -OCH3 is 2. The second-order valence-electron chi connectivity index (χ2n) is 15.6. The SMILES string of the molecule is [C-]#[N+][C@@H](C(Cc1cc(O[Si](C)(C)C(C)(C)C)c(OC)c(C)c1OC)NC(=O)OCC1c2ccccc2-c2ccccc21)N1CCO[C@@H](CCCCO)C1. The third kappa shape index (κ3) is 9.01. The Kier molecular flexibility index (Phi) is 13.1. The van der Waals surface area contributed by atoms with Gasteiger partial charge in [0.05, 0.1) is 26.9 Å². The van der Waals surface area contributed by atoms with Crippen molar-refractivity contribution in [3.8, 4) is 28.4 Å². The molecule has 10 nitrogen and oxygen atoms in total. The van der Waals surface area contributed by atoms with Crippen LogP contribution in [-0.4, -0.2) is 89.9 Å². The first-order chi connectivity index (χ1) is 25.3. The Labute approximate surface area is 316 Å². The lowest BCUT2D eigenvalue weighted by Gasteiger charge is -2.37. The molecule has 1 heterocycles. The van der Waals surface area contributed by atoms with Gasteiger partial charge in [-0.15, -0.1) is 0 Å². The number of ether oxygens (including phenoxy) is 4. The summed E-state index contributed by atoms with van der Waals surface area (Å²) in [5, 5.41) is 12.4. The third-order valence-electron chi connectivity index (χ3n) is 11.1. The highest BCUT2D eigenvalue weighted by Gasteiger charge is 2.42. The number of hydrogen-bond acceptors (Lipinski definition) is 8. The predicted molar refractivity (Wildman–Crippen MR) is 210 cm³/mol. The van der Waals surface area contributed by atoms with E-state index in [1.54, 1.807) is 14.2 Å². The fourth-order valence-electron chi connectivity index (χ4n) is 7.34. The average molecular weight is 744 g/mol. The zero-order valence-electron chi connectivity index (χ0n) is 32.7. The summed E-state index contributed by atoms with van der Waals surface area (Å²) in [7, 11) is 0.973. The van der Waals surface area contributed by atoms with E-state index in [-0.39, 0.29) is 36.7 Å². The van der Waals surface area contributed by atoms with E-state index in [0.717, 1.165) is 46.2 Å². The molecule has 1 aliphatic carbocycles. The highest BCUT2D eigenvalue weighted by molar-refractivity contribution is 6.74. The number of aliphatic hydroxyl groups is 1. The van der Waals surface area contributed by atoms with Crippen LogP contribution in [0.3, 0.4) is 0 Å². The number of fused-ring (bicyclic) bond motifs is 3. The van der Waals surface area contributed by atoms with Gasteiger partial charge in [0.1, 0.15) is 24.1 Å². The van der Waals surface area contributed by atoms with E-state index in [4.69, 9.17) is 29.9 Å².